The first-order chi connectivity index (χ1) is 13.1. The van der Waals surface area contributed by atoms with Crippen molar-refractivity contribution in [3.63, 3.8) is 0 Å². The lowest BCUT2D eigenvalue weighted by atomic mass is 10.0. The summed E-state index contributed by atoms with van der Waals surface area (Å²) >= 11 is 0. The number of anilines is 1. The Hall–Kier alpha value is -2.21. The lowest BCUT2D eigenvalue weighted by molar-refractivity contribution is 0.149. The highest BCUT2D eigenvalue weighted by Crippen LogP contribution is 2.25. The van der Waals surface area contributed by atoms with Crippen molar-refractivity contribution in [1.29, 1.82) is 0 Å². The second kappa shape index (κ2) is 9.13. The molecule has 1 aliphatic heterocycles. The van der Waals surface area contributed by atoms with E-state index in [2.05, 4.69) is 34.3 Å². The molecule has 0 saturated carbocycles. The van der Waals surface area contributed by atoms with Crippen LogP contribution >= 0.6 is 0 Å². The second-order valence-electron chi connectivity index (χ2n) is 7.08. The van der Waals surface area contributed by atoms with Gasteiger partial charge in [0.25, 0.3) is 0 Å². The second-order valence-corrected chi connectivity index (χ2v) is 7.08. The minimum absolute atomic E-state index is 0.227. The molecule has 1 aromatic carbocycles. The van der Waals surface area contributed by atoms with Gasteiger partial charge in [0.05, 0.1) is 12.8 Å². The van der Waals surface area contributed by atoms with Crippen molar-refractivity contribution in [2.45, 2.75) is 51.6 Å². The van der Waals surface area contributed by atoms with Gasteiger partial charge in [-0.3, -0.25) is 0 Å². The van der Waals surface area contributed by atoms with Crippen LogP contribution in [0.15, 0.2) is 30.3 Å². The van der Waals surface area contributed by atoms with E-state index in [4.69, 9.17) is 4.74 Å². The molecule has 6 heteroatoms. The maximum Gasteiger partial charge on any atom is 0.165 e. The summed E-state index contributed by atoms with van der Waals surface area (Å²) in [5, 5.41) is 12.0. The largest absolute Gasteiger partial charge is 0.494 e. The molecule has 1 fully saturated rings. The standard InChI is InChI=1S/C21H29FN4O/c1-4-17(5-2)26-12-10-16(11-13-26)23-21-9-7-19(24-25-21)15-6-8-20(27-3)18(22)14-15/h6-9,14,16-17H,4-5,10-13H2,1-3H3,(H,23,25). The first-order valence-electron chi connectivity index (χ1n) is 9.82. The zero-order chi connectivity index (χ0) is 19.2. The van der Waals surface area contributed by atoms with E-state index in [9.17, 15) is 4.39 Å². The average molecular weight is 372 g/mol. The number of nitrogens with zero attached hydrogens (tertiary/aromatic N) is 3. The molecule has 1 aromatic heterocycles. The smallest absolute Gasteiger partial charge is 0.165 e. The van der Waals surface area contributed by atoms with Crippen molar-refractivity contribution < 1.29 is 9.13 Å². The molecule has 0 unspecified atom stereocenters. The van der Waals surface area contributed by atoms with Gasteiger partial charge >= 0.3 is 0 Å². The number of likely N-dealkylation sites (tertiary alicyclic amines) is 1. The third kappa shape index (κ3) is 4.75. The highest BCUT2D eigenvalue weighted by atomic mass is 19.1. The van der Waals surface area contributed by atoms with Gasteiger partial charge in [0, 0.05) is 30.7 Å². The molecule has 2 heterocycles. The first kappa shape index (κ1) is 19.5. The van der Waals surface area contributed by atoms with Gasteiger partial charge in [-0.25, -0.2) is 4.39 Å². The summed E-state index contributed by atoms with van der Waals surface area (Å²) in [6, 6.07) is 9.72. The minimum Gasteiger partial charge on any atom is -0.494 e. The van der Waals surface area contributed by atoms with Crippen LogP contribution in [0.3, 0.4) is 0 Å². The summed E-state index contributed by atoms with van der Waals surface area (Å²) < 4.78 is 18.8. The van der Waals surface area contributed by atoms with Crippen molar-refractivity contribution >= 4 is 5.82 Å². The van der Waals surface area contributed by atoms with E-state index in [1.165, 1.54) is 26.0 Å². The van der Waals surface area contributed by atoms with Crippen molar-refractivity contribution in [3.05, 3.63) is 36.1 Å². The van der Waals surface area contributed by atoms with E-state index < -0.39 is 5.82 Å². The SMILES string of the molecule is CCC(CC)N1CCC(Nc2ccc(-c3ccc(OC)c(F)c3)nn2)CC1. The summed E-state index contributed by atoms with van der Waals surface area (Å²) in [6.45, 7) is 6.79. The predicted octanol–water partition coefficient (Wildman–Crippen LogP) is 4.36. The molecule has 0 bridgehead atoms. The predicted molar refractivity (Wildman–Crippen MR) is 107 cm³/mol. The average Bonchev–Trinajstić information content (AvgIpc) is 2.71. The number of halogens is 1. The quantitative estimate of drug-likeness (QED) is 0.783. The Morgan fingerprint density at radius 1 is 1.15 bits per heavy atom. The summed E-state index contributed by atoms with van der Waals surface area (Å²) in [7, 11) is 1.45. The van der Waals surface area contributed by atoms with Gasteiger partial charge in [-0.2, -0.15) is 0 Å². The molecule has 0 spiro atoms. The van der Waals surface area contributed by atoms with E-state index in [0.717, 1.165) is 31.7 Å². The van der Waals surface area contributed by atoms with Crippen LogP contribution in [0.25, 0.3) is 11.3 Å². The topological polar surface area (TPSA) is 50.3 Å². The maximum absolute atomic E-state index is 13.9. The van der Waals surface area contributed by atoms with Crippen molar-refractivity contribution in [3.8, 4) is 17.0 Å². The number of hydrogen-bond donors (Lipinski definition) is 1. The fourth-order valence-electron chi connectivity index (χ4n) is 3.81. The number of rotatable bonds is 7. The highest BCUT2D eigenvalue weighted by Gasteiger charge is 2.23. The molecular weight excluding hydrogens is 343 g/mol. The van der Waals surface area contributed by atoms with Gasteiger partial charge in [0.2, 0.25) is 0 Å². The Labute approximate surface area is 160 Å². The van der Waals surface area contributed by atoms with Gasteiger partial charge in [0.1, 0.15) is 5.82 Å². The van der Waals surface area contributed by atoms with Crippen LogP contribution in [0.4, 0.5) is 10.2 Å². The lowest BCUT2D eigenvalue weighted by Crippen LogP contribution is -2.44. The number of ether oxygens (including phenoxy) is 1. The fourth-order valence-corrected chi connectivity index (χ4v) is 3.81. The van der Waals surface area contributed by atoms with Gasteiger partial charge < -0.3 is 15.0 Å². The highest BCUT2D eigenvalue weighted by molar-refractivity contribution is 5.60. The molecule has 2 aromatic rings. The lowest BCUT2D eigenvalue weighted by Gasteiger charge is -2.37. The van der Waals surface area contributed by atoms with Crippen LogP contribution in [-0.2, 0) is 0 Å². The zero-order valence-electron chi connectivity index (χ0n) is 16.4. The third-order valence-corrected chi connectivity index (χ3v) is 5.45. The number of nitrogens with one attached hydrogen (secondary N) is 1. The van der Waals surface area contributed by atoms with E-state index in [1.54, 1.807) is 12.1 Å². The van der Waals surface area contributed by atoms with Gasteiger partial charge in [-0.15, -0.1) is 10.2 Å². The Morgan fingerprint density at radius 3 is 2.44 bits per heavy atom. The summed E-state index contributed by atoms with van der Waals surface area (Å²) in [4.78, 5) is 2.60. The molecule has 146 valence electrons. The van der Waals surface area contributed by atoms with Gasteiger partial charge in [-0.05, 0) is 56.0 Å². The van der Waals surface area contributed by atoms with Crippen LogP contribution in [-0.4, -0.2) is 47.4 Å². The molecule has 3 rings (SSSR count). The minimum atomic E-state index is -0.400. The molecular formula is C21H29FN4O. The number of methoxy groups -OCH3 is 1. The third-order valence-electron chi connectivity index (χ3n) is 5.45. The molecule has 0 aliphatic carbocycles. The molecule has 1 aliphatic rings. The molecule has 27 heavy (non-hydrogen) atoms. The summed E-state index contributed by atoms with van der Waals surface area (Å²) in [6.07, 6.45) is 4.66. The molecule has 0 atom stereocenters. The molecule has 1 N–H and O–H groups in total. The molecule has 1 saturated heterocycles. The fraction of sp³-hybridized carbons (Fsp3) is 0.524. The van der Waals surface area contributed by atoms with Crippen LogP contribution in [0.1, 0.15) is 39.5 Å². The van der Waals surface area contributed by atoms with Crippen molar-refractivity contribution in [2.75, 3.05) is 25.5 Å². The van der Waals surface area contributed by atoms with E-state index >= 15 is 0 Å². The Kier molecular flexibility index (Phi) is 6.61. The van der Waals surface area contributed by atoms with Gasteiger partial charge in [0.15, 0.2) is 11.6 Å². The number of piperidine rings is 1. The van der Waals surface area contributed by atoms with Gasteiger partial charge in [-0.1, -0.05) is 13.8 Å². The van der Waals surface area contributed by atoms with Crippen LogP contribution in [0.2, 0.25) is 0 Å². The Bertz CT molecular complexity index is 725. The molecule has 0 amide bonds. The Balaban J connectivity index is 1.58. The number of benzene rings is 1. The van der Waals surface area contributed by atoms with E-state index in [1.807, 2.05) is 12.1 Å². The van der Waals surface area contributed by atoms with E-state index in [-0.39, 0.29) is 5.75 Å². The van der Waals surface area contributed by atoms with Crippen molar-refractivity contribution in [2.24, 2.45) is 0 Å². The van der Waals surface area contributed by atoms with Crippen LogP contribution in [0.5, 0.6) is 5.75 Å². The van der Waals surface area contributed by atoms with E-state index in [0.29, 0.717) is 23.3 Å². The normalized spacial score (nSPS) is 15.9. The first-order valence-corrected chi connectivity index (χ1v) is 9.82. The van der Waals surface area contributed by atoms with Crippen LogP contribution in [0, 0.1) is 5.82 Å². The maximum atomic E-state index is 13.9. The van der Waals surface area contributed by atoms with Crippen molar-refractivity contribution in [1.82, 2.24) is 15.1 Å². The Morgan fingerprint density at radius 2 is 1.89 bits per heavy atom. The van der Waals surface area contributed by atoms with Crippen LogP contribution < -0.4 is 10.1 Å². The number of aromatic nitrogens is 2. The molecule has 0 radical (unpaired) electrons. The number of hydrogen-bond acceptors (Lipinski definition) is 5. The molecule has 5 nitrogen and oxygen atoms in total. The summed E-state index contributed by atoms with van der Waals surface area (Å²) in [5.74, 6) is 0.599. The monoisotopic (exact) mass is 372 g/mol. The summed E-state index contributed by atoms with van der Waals surface area (Å²) in [5.41, 5.74) is 1.33. The zero-order valence-corrected chi connectivity index (χ0v) is 16.4.